The average Bonchev–Trinajstić information content (AvgIpc) is 0.436. The molecule has 6 aromatic heterocycles. The summed E-state index contributed by atoms with van der Waals surface area (Å²) in [6.45, 7) is 0. The van der Waals surface area contributed by atoms with E-state index in [9.17, 15) is 0 Å². The molecule has 0 spiro atoms. The number of halogens is 5. The van der Waals surface area contributed by atoms with Gasteiger partial charge in [-0.3, -0.25) is 15.0 Å². The number of benzene rings is 12. The summed E-state index contributed by atoms with van der Waals surface area (Å²) in [4.78, 5) is 26.2. The minimum absolute atomic E-state index is 0.472. The molecule has 0 fully saturated rings. The number of pyridine rings is 6. The van der Waals surface area contributed by atoms with Crippen LogP contribution in [0.3, 0.4) is 0 Å². The van der Waals surface area contributed by atoms with Gasteiger partial charge in [0.1, 0.15) is 14.8 Å². The van der Waals surface area contributed by atoms with Crippen molar-refractivity contribution in [3.63, 3.8) is 0 Å². The molecule has 538 valence electrons. The largest absolute Gasteiger partial charge is 0.546 e. The van der Waals surface area contributed by atoms with Gasteiger partial charge in [-0.15, -0.1) is 32.9 Å². The second-order valence-electron chi connectivity index (χ2n) is 25.1. The van der Waals surface area contributed by atoms with Crippen LogP contribution in [-0.2, 0) is 0 Å². The highest BCUT2D eigenvalue weighted by molar-refractivity contribution is 14.1. The van der Waals surface area contributed by atoms with E-state index in [1.54, 1.807) is 30.6 Å². The van der Waals surface area contributed by atoms with Gasteiger partial charge >= 0.3 is 14.2 Å². The molecule has 18 rings (SSSR count). The SMILES string of the molecule is Brc1cc(I)nc(I)c1.Ic1cc(-c2ccc3cnccc3c2)cc(I)n1.OB(O)c1ccc2cc3ccccc3cc2c1.OB(O)c1ccc2cnccc2c1.PC(P)P.[PH-]C(P)P.c1ccc2cc3cc(-c4cc(-c5ccc6cnccc6c5)cc(-c5ccc6cc7ccccc7cc6c5)n4)ccc3cc2c1. The summed E-state index contributed by atoms with van der Waals surface area (Å²) in [6, 6.07) is 94.1. The van der Waals surface area contributed by atoms with Gasteiger partial charge in [-0.2, -0.15) is 18.5 Å². The minimum atomic E-state index is -1.41. The summed E-state index contributed by atoms with van der Waals surface area (Å²) >= 11 is 12.2. The Morgan fingerprint density at radius 1 is 0.284 bits per heavy atom. The van der Waals surface area contributed by atoms with E-state index >= 15 is 0 Å². The number of rotatable bonds is 6. The highest BCUT2D eigenvalue weighted by Gasteiger charge is 2.15. The van der Waals surface area contributed by atoms with Crippen LogP contribution in [0.5, 0.6) is 0 Å². The van der Waals surface area contributed by atoms with Gasteiger partial charge in [-0.25, -0.2) is 15.0 Å². The Kier molecular flexibility index (Phi) is 29.8. The zero-order chi connectivity index (χ0) is 76.7. The molecule has 4 N–H and O–H groups in total. The van der Waals surface area contributed by atoms with E-state index in [2.05, 4.69) is 387 Å². The predicted octanol–water partition coefficient (Wildman–Crippen LogP) is 22.4. The van der Waals surface area contributed by atoms with Crippen LogP contribution < -0.4 is 10.9 Å². The number of hydrogen-bond acceptors (Lipinski definition) is 10. The van der Waals surface area contributed by atoms with Gasteiger partial charge in [0.25, 0.3) is 0 Å². The van der Waals surface area contributed by atoms with Crippen molar-refractivity contribution in [1.82, 2.24) is 29.9 Å². The monoisotopic (exact) mass is 2040 g/mol. The van der Waals surface area contributed by atoms with Gasteiger partial charge < -0.3 is 29.3 Å². The van der Waals surface area contributed by atoms with Crippen LogP contribution in [0.4, 0.5) is 0 Å². The molecule has 109 heavy (non-hydrogen) atoms. The lowest BCUT2D eigenvalue weighted by molar-refractivity contribution is 0.424. The van der Waals surface area contributed by atoms with Crippen molar-refractivity contribution < 1.29 is 20.1 Å². The van der Waals surface area contributed by atoms with Crippen molar-refractivity contribution >= 4 is 284 Å². The first kappa shape index (κ1) is 82.3. The Bertz CT molecular complexity index is 6070. The second kappa shape index (κ2) is 39.5. The maximum atomic E-state index is 9.15. The molecule has 12 aromatic carbocycles. The second-order valence-corrected chi connectivity index (χ2v) is 39.3. The molecule has 0 amide bonds. The van der Waals surface area contributed by atoms with E-state index in [0.29, 0.717) is 21.2 Å². The van der Waals surface area contributed by atoms with Crippen molar-refractivity contribution in [1.29, 1.82) is 0 Å². The van der Waals surface area contributed by atoms with Crippen molar-refractivity contribution in [2.45, 2.75) is 10.3 Å². The standard InChI is InChI=1S/C42H26N2.C14H11BO2.C14H8I2N2.C9H8BNO2.C5H2BrI2N.CH7P3.CH6P3/c1-3-7-29-20-38-22-35(12-9-31(38)17-27(29)5-1)41-24-40(33-11-14-37-26-43-16-15-34(37)19-33)25-42(44-41)36-13-10-32-18-28-6-2-4-8-30(28)21-39(32)23-36;16-15(17)14-6-5-12-7-10-3-1-2-4-11(10)8-13(12)9-14;15-13-6-12(7-14(16)18-13)9-1-2-11-8-17-4-3-10(11)5-9;12-10(13)9-2-1-8-6-11-4-3-7(8)5-9;6-3-1-4(7)9-5(8)2-3;2*2-1(3)4/h1-26H;1-9,16-17H;1-8H;1-6,12-13H;1-2H;1H,2-4H2;1-2H,3-4H2/q;;;;;;-1. The van der Waals surface area contributed by atoms with Crippen LogP contribution in [0, 0.1) is 14.8 Å². The van der Waals surface area contributed by atoms with Gasteiger partial charge in [-0.05, 0) is 325 Å². The van der Waals surface area contributed by atoms with E-state index in [1.165, 1.54) is 75.8 Å². The molecule has 23 heteroatoms. The van der Waals surface area contributed by atoms with Crippen LogP contribution in [0.25, 0.3) is 142 Å². The normalized spacial score (nSPS) is 10.9. The first-order chi connectivity index (χ1) is 52.6. The van der Waals surface area contributed by atoms with Crippen LogP contribution in [0.2, 0.25) is 0 Å². The lowest BCUT2D eigenvalue weighted by Gasteiger charge is -2.13. The first-order valence-corrected chi connectivity index (χ1v) is 43.0. The van der Waals surface area contributed by atoms with E-state index in [-0.39, 0.29) is 0 Å². The molecule has 10 nitrogen and oxygen atoms in total. The molecule has 0 aliphatic heterocycles. The number of fused-ring (bicyclic) bond motifs is 9. The van der Waals surface area contributed by atoms with Crippen LogP contribution >= 0.6 is 162 Å². The fraction of sp³-hybridized carbons (Fsp3) is 0.0233. The number of hydrogen-bond donors (Lipinski definition) is 4. The molecule has 0 radical (unpaired) electrons. The van der Waals surface area contributed by atoms with Gasteiger partial charge in [0.2, 0.25) is 0 Å². The lowest BCUT2D eigenvalue weighted by Crippen LogP contribution is -2.29. The summed E-state index contributed by atoms with van der Waals surface area (Å²) in [7, 11) is 13.2. The Morgan fingerprint density at radius 2 is 0.541 bits per heavy atom. The van der Waals surface area contributed by atoms with E-state index < -0.39 is 14.2 Å². The van der Waals surface area contributed by atoms with Crippen LogP contribution in [0.1, 0.15) is 0 Å². The lowest BCUT2D eigenvalue weighted by atomic mass is 9.79. The molecule has 0 aliphatic rings. The molecule has 5 atom stereocenters. The van der Waals surface area contributed by atoms with Crippen molar-refractivity contribution in [3.05, 3.63) is 329 Å². The third-order valence-electron chi connectivity index (χ3n) is 17.3. The summed E-state index contributed by atoms with van der Waals surface area (Å²) in [5.74, 6) is 0. The Labute approximate surface area is 710 Å². The molecular weight excluding hydrogens is 1980 g/mol. The topological polar surface area (TPSA) is 158 Å². The third-order valence-corrected chi connectivity index (χ3v) is 19.9. The Hall–Kier alpha value is -6.17. The summed E-state index contributed by atoms with van der Waals surface area (Å²) in [5, 5.41) is 58.2. The fourth-order valence-electron chi connectivity index (χ4n) is 12.2. The number of nitrogens with zero attached hydrogens (tertiary/aromatic N) is 6. The van der Waals surface area contributed by atoms with Crippen LogP contribution in [-0.4, -0.2) is 74.5 Å². The van der Waals surface area contributed by atoms with Crippen molar-refractivity contribution in [2.75, 3.05) is 0 Å². The minimum Gasteiger partial charge on any atom is -0.546 e. The quantitative estimate of drug-likeness (QED) is 0.0415. The molecule has 0 saturated carbocycles. The summed E-state index contributed by atoms with van der Waals surface area (Å²) < 4.78 is 5.16. The molecule has 0 saturated heterocycles. The molecule has 5 unspecified atom stereocenters. The van der Waals surface area contributed by atoms with E-state index in [4.69, 9.17) is 25.1 Å². The molecular formula is C86H68B2BrI4N6O4P6-. The van der Waals surface area contributed by atoms with Gasteiger partial charge in [0.15, 0.2) is 0 Å². The van der Waals surface area contributed by atoms with Gasteiger partial charge in [0, 0.05) is 68.7 Å². The zero-order valence-electron chi connectivity index (χ0n) is 58.0. The average molecular weight is 2040 g/mol. The van der Waals surface area contributed by atoms with Gasteiger partial charge in [-0.1, -0.05) is 174 Å². The van der Waals surface area contributed by atoms with Crippen molar-refractivity contribution in [3.8, 4) is 44.8 Å². The van der Waals surface area contributed by atoms with Crippen LogP contribution in [0.15, 0.2) is 315 Å². The third kappa shape index (κ3) is 23.0. The highest BCUT2D eigenvalue weighted by atomic mass is 127. The molecule has 0 bridgehead atoms. The maximum absolute atomic E-state index is 9.15. The maximum Gasteiger partial charge on any atom is 0.488 e. The molecule has 6 heterocycles. The van der Waals surface area contributed by atoms with Crippen molar-refractivity contribution in [2.24, 2.45) is 0 Å². The first-order valence-electron chi connectivity index (χ1n) is 34.0. The smallest absolute Gasteiger partial charge is 0.488 e. The summed E-state index contributed by atoms with van der Waals surface area (Å²) in [5.41, 5.74) is 9.87. The molecule has 18 aromatic rings. The van der Waals surface area contributed by atoms with E-state index in [0.717, 1.165) is 85.2 Å². The Balaban J connectivity index is 0.000000140. The fourth-order valence-corrected chi connectivity index (χ4v) is 16.8. The number of aromatic nitrogens is 6. The highest BCUT2D eigenvalue weighted by Crippen LogP contribution is 2.36. The molecule has 0 aliphatic carbocycles. The zero-order valence-corrected chi connectivity index (χ0v) is 75.0. The van der Waals surface area contributed by atoms with Gasteiger partial charge in [0.05, 0.1) is 11.4 Å². The predicted molar refractivity (Wildman–Crippen MR) is 521 cm³/mol. The summed E-state index contributed by atoms with van der Waals surface area (Å²) in [6.07, 6.45) is 10.9. The Morgan fingerprint density at radius 3 is 0.899 bits per heavy atom. The van der Waals surface area contributed by atoms with E-state index in [1.807, 2.05) is 79.4 Å².